The van der Waals surface area contributed by atoms with Gasteiger partial charge < -0.3 is 18.6 Å². The van der Waals surface area contributed by atoms with E-state index in [-0.39, 0.29) is 93.6 Å². The Morgan fingerprint density at radius 1 is 0.708 bits per heavy atom. The number of carbonyl (C=O) groups is 1. The number of amides is 1. The fraction of sp³-hybridized carbons (Fsp3) is 0.333. The molecule has 0 fully saturated rings. The molecule has 4 aromatic rings. The van der Waals surface area contributed by atoms with Gasteiger partial charge in [0.15, 0.2) is 5.71 Å². The molecule has 20 heteroatoms. The van der Waals surface area contributed by atoms with Gasteiger partial charge in [0.25, 0.3) is 0 Å². The van der Waals surface area contributed by atoms with Crippen molar-refractivity contribution in [2.75, 3.05) is 23.7 Å². The third kappa shape index (κ3) is 12.9. The van der Waals surface area contributed by atoms with Crippen LogP contribution in [0, 0.1) is 0 Å². The van der Waals surface area contributed by atoms with E-state index in [0.29, 0.717) is 43.1 Å². The minimum atomic E-state index is -4.67. The number of rotatable bonds is 17. The van der Waals surface area contributed by atoms with E-state index in [1.54, 1.807) is 18.2 Å². The quantitative estimate of drug-likeness (QED) is 0.0219. The Balaban J connectivity index is 0.00000374. The van der Waals surface area contributed by atoms with Crippen LogP contribution in [-0.4, -0.2) is 73.9 Å². The van der Waals surface area contributed by atoms with Crippen LogP contribution in [-0.2, 0) is 46.0 Å². The fourth-order valence-electron chi connectivity index (χ4n) is 8.78. The Morgan fingerprint density at radius 3 is 1.86 bits per heavy atom. The normalized spacial score (nSPS) is 16.3. The second kappa shape index (κ2) is 22.6. The average molecular weight is 986 g/mol. The van der Waals surface area contributed by atoms with Crippen molar-refractivity contribution < 1.29 is 107 Å². The van der Waals surface area contributed by atoms with E-state index in [4.69, 9.17) is 5.84 Å². The number of nitrogens with two attached hydrogens (primary N) is 1. The van der Waals surface area contributed by atoms with Gasteiger partial charge in [0.2, 0.25) is 11.6 Å². The summed E-state index contributed by atoms with van der Waals surface area (Å²) >= 11 is 0. The molecule has 0 aromatic heterocycles. The largest absolute Gasteiger partial charge is 1.00 e. The molecular formula is C45H51ClN4Na2O10S3. The van der Waals surface area contributed by atoms with Crippen molar-refractivity contribution in [3.05, 3.63) is 120 Å². The number of benzene rings is 4. The van der Waals surface area contributed by atoms with E-state index in [9.17, 15) is 43.7 Å². The maximum Gasteiger partial charge on any atom is 1.00 e. The molecule has 65 heavy (non-hydrogen) atoms. The first-order chi connectivity index (χ1) is 29.1. The van der Waals surface area contributed by atoms with Crippen molar-refractivity contribution in [3.63, 3.8) is 0 Å². The van der Waals surface area contributed by atoms with E-state index < -0.39 is 46.9 Å². The number of halogens is 1. The van der Waals surface area contributed by atoms with Gasteiger partial charge in [-0.15, -0.1) is 12.4 Å². The Hall–Kier alpha value is -2.72. The Bertz CT molecular complexity index is 2950. The summed E-state index contributed by atoms with van der Waals surface area (Å²) in [5.74, 6) is 4.55. The first-order valence-electron chi connectivity index (χ1n) is 20.2. The molecule has 2 aliphatic rings. The minimum Gasteiger partial charge on any atom is -0.748 e. The zero-order valence-electron chi connectivity index (χ0n) is 37.4. The molecule has 0 saturated carbocycles. The number of hydrogen-bond acceptors (Lipinski definition) is 12. The minimum absolute atomic E-state index is 0. The van der Waals surface area contributed by atoms with Gasteiger partial charge in [-0.1, -0.05) is 62.4 Å². The summed E-state index contributed by atoms with van der Waals surface area (Å²) in [7, 11) is -13.7. The number of carbonyl (C=O) groups excluding carboxylic acids is 1. The van der Waals surface area contributed by atoms with Crippen LogP contribution in [0.4, 0.5) is 11.4 Å². The molecule has 4 aromatic carbocycles. The molecule has 2 aliphatic heterocycles. The molecule has 3 N–H and O–H groups in total. The van der Waals surface area contributed by atoms with Crippen LogP contribution < -0.4 is 75.3 Å². The van der Waals surface area contributed by atoms with Crippen molar-refractivity contribution in [1.29, 1.82) is 0 Å². The Labute approximate surface area is 432 Å². The van der Waals surface area contributed by atoms with Crippen molar-refractivity contribution in [2.24, 2.45) is 5.84 Å². The number of unbranched alkanes of at least 4 members (excludes halogenated alkanes) is 3. The summed E-state index contributed by atoms with van der Waals surface area (Å²) in [5, 5.41) is 2.86. The number of nitrogens with zero attached hydrogens (tertiary/aromatic N) is 2. The summed E-state index contributed by atoms with van der Waals surface area (Å²) in [4.78, 5) is 13.2. The third-order valence-electron chi connectivity index (χ3n) is 11.6. The SMILES string of the molecule is CC1(C)C(/C=C/C=C/C=C/C=C2/N(CCCCS(=O)(=O)[O-])c3ccc4cc(S(=O)(=O)[O-])ccc4c3C2(C)C)=[N+](CCCCCC(=O)NN)c2ccc3cc(S(=O)(=O)[O-])ccc3c21.Cl.[Na+].[Na+]. The molecule has 14 nitrogen and oxygen atoms in total. The summed E-state index contributed by atoms with van der Waals surface area (Å²) in [6.45, 7) is 9.37. The van der Waals surface area contributed by atoms with E-state index in [0.717, 1.165) is 57.5 Å². The van der Waals surface area contributed by atoms with Gasteiger partial charge in [-0.2, -0.15) is 4.58 Å². The molecular weight excluding hydrogens is 934 g/mol. The second-order valence-electron chi connectivity index (χ2n) is 16.6. The van der Waals surface area contributed by atoms with Crippen LogP contribution in [0.15, 0.2) is 119 Å². The zero-order chi connectivity index (χ0) is 45.3. The number of hydrogen-bond donors (Lipinski definition) is 2. The summed E-state index contributed by atoms with van der Waals surface area (Å²) in [6, 6.07) is 16.2. The topological polar surface area (TPSA) is 233 Å². The molecule has 2 heterocycles. The molecule has 1 amide bonds. The Morgan fingerprint density at radius 2 is 1.28 bits per heavy atom. The predicted molar refractivity (Wildman–Crippen MR) is 244 cm³/mol. The molecule has 0 atom stereocenters. The number of fused-ring (bicyclic) bond motifs is 6. The van der Waals surface area contributed by atoms with Gasteiger partial charge >= 0.3 is 59.1 Å². The van der Waals surface area contributed by atoms with E-state index in [2.05, 4.69) is 28.7 Å². The molecule has 338 valence electrons. The number of anilines is 1. The fourth-order valence-corrected chi connectivity index (χ4v) is 10.3. The number of allylic oxidation sites excluding steroid dienone is 8. The van der Waals surface area contributed by atoms with Crippen LogP contribution in [0.25, 0.3) is 21.5 Å². The van der Waals surface area contributed by atoms with Crippen LogP contribution in [0.1, 0.15) is 77.3 Å². The standard InChI is InChI=1S/C45H52N4O10S3.ClH.2Na/c1-44(2)39(48(26-12-8-11-17-41(50)47-46)37-24-18-31-29-33(61(54,55)56)20-22-35(31)42(37)44)15-9-6-5-7-10-16-40-45(3,4)43-36-23-21-34(62(57,58)59)30-32(36)19-25-38(43)49(40)27-13-14-28-60(51,52)53;;;/h5-7,9-10,15-16,18-25,29-30H,8,11-14,17,26-28,46H2,1-4H3,(H3-,47,50,51,52,53,54,55,56,57,58,59);1H;;/q;;2*+1/p-2. The van der Waals surface area contributed by atoms with Crippen LogP contribution >= 0.6 is 12.4 Å². The first-order valence-corrected chi connectivity index (χ1v) is 24.6. The molecule has 0 spiro atoms. The monoisotopic (exact) mass is 984 g/mol. The van der Waals surface area contributed by atoms with Gasteiger partial charge in [0, 0.05) is 59.6 Å². The smallest absolute Gasteiger partial charge is 0.748 e. The second-order valence-corrected chi connectivity index (χ2v) is 20.8. The van der Waals surface area contributed by atoms with Crippen LogP contribution in [0.2, 0.25) is 0 Å². The summed E-state index contributed by atoms with van der Waals surface area (Å²) in [5.41, 5.74) is 6.71. The maximum absolute atomic E-state index is 11.8. The van der Waals surface area contributed by atoms with Gasteiger partial charge in [-0.05, 0) is 109 Å². The van der Waals surface area contributed by atoms with Crippen molar-refractivity contribution in [3.8, 4) is 0 Å². The molecule has 0 saturated heterocycles. The summed E-state index contributed by atoms with van der Waals surface area (Å²) < 4.78 is 107. The van der Waals surface area contributed by atoms with E-state index in [1.807, 2.05) is 74.6 Å². The third-order valence-corrected chi connectivity index (χ3v) is 14.1. The van der Waals surface area contributed by atoms with Gasteiger partial charge in [0.1, 0.15) is 26.8 Å². The molecule has 0 aliphatic carbocycles. The predicted octanol–water partition coefficient (Wildman–Crippen LogP) is 0.833. The molecule has 0 unspecified atom stereocenters. The number of nitrogens with one attached hydrogen (secondary N) is 1. The Kier molecular flexibility index (Phi) is 19.7. The molecule has 6 rings (SSSR count). The van der Waals surface area contributed by atoms with Crippen molar-refractivity contribution in [2.45, 2.75) is 86.8 Å². The van der Waals surface area contributed by atoms with Crippen LogP contribution in [0.5, 0.6) is 0 Å². The van der Waals surface area contributed by atoms with Gasteiger partial charge in [-0.3, -0.25) is 10.2 Å². The zero-order valence-corrected chi connectivity index (χ0v) is 44.6. The first kappa shape index (κ1) is 56.6. The molecule has 0 bridgehead atoms. The maximum atomic E-state index is 11.8. The van der Waals surface area contributed by atoms with E-state index >= 15 is 0 Å². The van der Waals surface area contributed by atoms with E-state index in [1.165, 1.54) is 24.3 Å². The van der Waals surface area contributed by atoms with Gasteiger partial charge in [-0.25, -0.2) is 31.1 Å². The molecule has 0 radical (unpaired) electrons. The van der Waals surface area contributed by atoms with Gasteiger partial charge in [0.05, 0.1) is 25.3 Å². The number of hydrazine groups is 1. The van der Waals surface area contributed by atoms with Crippen molar-refractivity contribution in [1.82, 2.24) is 5.43 Å². The average Bonchev–Trinajstić information content (AvgIpc) is 3.55. The van der Waals surface area contributed by atoms with Crippen LogP contribution in [0.3, 0.4) is 0 Å². The van der Waals surface area contributed by atoms with Crippen molar-refractivity contribution >= 4 is 87.3 Å². The summed E-state index contributed by atoms with van der Waals surface area (Å²) in [6.07, 6.45) is 16.7.